The first-order valence-electron chi connectivity index (χ1n) is 11.3. The number of benzene rings is 2. The molecule has 1 saturated heterocycles. The zero-order valence-electron chi connectivity index (χ0n) is 18.9. The van der Waals surface area contributed by atoms with Crippen LogP contribution in [-0.2, 0) is 22.5 Å². The van der Waals surface area contributed by atoms with E-state index in [0.29, 0.717) is 12.6 Å². The van der Waals surface area contributed by atoms with Gasteiger partial charge in [-0.15, -0.1) is 0 Å². The number of fused-ring (bicyclic) bond motifs is 2. The molecule has 0 bridgehead atoms. The van der Waals surface area contributed by atoms with E-state index in [0.717, 1.165) is 77.5 Å². The minimum atomic E-state index is -0.124. The molecule has 1 fully saturated rings. The van der Waals surface area contributed by atoms with Gasteiger partial charge in [-0.2, -0.15) is 9.97 Å². The van der Waals surface area contributed by atoms with Crippen molar-refractivity contribution in [2.75, 3.05) is 43.7 Å². The molecule has 33 heavy (non-hydrogen) atoms. The maximum atomic E-state index is 11.9. The molecule has 0 saturated carbocycles. The van der Waals surface area contributed by atoms with Gasteiger partial charge in [0.15, 0.2) is 0 Å². The highest BCUT2D eigenvalue weighted by Crippen LogP contribution is 2.37. The van der Waals surface area contributed by atoms with E-state index in [4.69, 9.17) is 31.0 Å². The number of hydrogen-bond donors (Lipinski definition) is 0. The molecule has 0 atom stereocenters. The summed E-state index contributed by atoms with van der Waals surface area (Å²) in [5.41, 5.74) is 3.25. The molecule has 3 aromatic rings. The predicted molar refractivity (Wildman–Crippen MR) is 129 cm³/mol. The lowest BCUT2D eigenvalue weighted by Crippen LogP contribution is -2.39. The van der Waals surface area contributed by atoms with Crippen molar-refractivity contribution in [1.82, 2.24) is 9.97 Å². The Kier molecular flexibility index (Phi) is 5.98. The predicted octanol–water partition coefficient (Wildman–Crippen LogP) is 4.24. The lowest BCUT2D eigenvalue weighted by molar-refractivity contribution is -0.146. The molecule has 0 radical (unpaired) electrons. The summed E-state index contributed by atoms with van der Waals surface area (Å²) >= 11 is 6.59. The number of halogens is 1. The van der Waals surface area contributed by atoms with Gasteiger partial charge in [-0.3, -0.25) is 4.79 Å². The van der Waals surface area contributed by atoms with Gasteiger partial charge in [-0.1, -0.05) is 35.9 Å². The lowest BCUT2D eigenvalue weighted by Gasteiger charge is -2.36. The number of ether oxygens (including phenoxy) is 2. The molecule has 8 heteroatoms. The smallest absolute Gasteiger partial charge is 0.318 e. The summed E-state index contributed by atoms with van der Waals surface area (Å²) in [5.74, 6) is 0.759. The zero-order chi connectivity index (χ0) is 22.9. The number of carbonyl (C=O) groups is 1. The van der Waals surface area contributed by atoms with E-state index in [-0.39, 0.29) is 11.9 Å². The molecule has 0 aliphatic carbocycles. The molecular formula is C25H27ClN4O3. The first-order valence-corrected chi connectivity index (χ1v) is 11.7. The summed E-state index contributed by atoms with van der Waals surface area (Å²) in [5, 5.41) is 2.94. The summed E-state index contributed by atoms with van der Waals surface area (Å²) < 4.78 is 10.4. The average molecular weight is 467 g/mol. The fourth-order valence-corrected chi connectivity index (χ4v) is 5.26. The van der Waals surface area contributed by atoms with Gasteiger partial charge in [0.2, 0.25) is 0 Å². The number of piperidine rings is 1. The van der Waals surface area contributed by atoms with Gasteiger partial charge in [0.1, 0.15) is 5.82 Å². The molecule has 2 aliphatic rings. The lowest BCUT2D eigenvalue weighted by atomic mass is 9.96. The Morgan fingerprint density at radius 2 is 1.79 bits per heavy atom. The second-order valence-electron chi connectivity index (χ2n) is 8.53. The number of nitrogens with zero attached hydrogens (tertiary/aromatic N) is 4. The summed E-state index contributed by atoms with van der Waals surface area (Å²) in [7, 11) is 3.05. The largest absolute Gasteiger partial charge is 0.469 e. The summed E-state index contributed by atoms with van der Waals surface area (Å²) in [6.07, 6.45) is 2.34. The number of aromatic nitrogens is 2. The highest BCUT2D eigenvalue weighted by Gasteiger charge is 2.31. The van der Waals surface area contributed by atoms with Crippen LogP contribution in [0.1, 0.15) is 24.1 Å². The van der Waals surface area contributed by atoms with E-state index in [1.165, 1.54) is 7.11 Å². The topological polar surface area (TPSA) is 67.8 Å². The van der Waals surface area contributed by atoms with Gasteiger partial charge in [0.05, 0.1) is 37.4 Å². The third-order valence-corrected chi connectivity index (χ3v) is 7.02. The maximum Gasteiger partial charge on any atom is 0.318 e. The first kappa shape index (κ1) is 21.8. The highest BCUT2D eigenvalue weighted by molar-refractivity contribution is 6.36. The number of carbonyl (C=O) groups excluding carboxylic acids is 1. The molecule has 1 aromatic heterocycles. The van der Waals surface area contributed by atoms with Crippen LogP contribution < -0.4 is 14.5 Å². The van der Waals surface area contributed by atoms with Crippen LogP contribution in [0, 0.1) is 5.92 Å². The quantitative estimate of drug-likeness (QED) is 0.532. The van der Waals surface area contributed by atoms with Crippen LogP contribution >= 0.6 is 11.6 Å². The Labute approximate surface area is 198 Å². The molecule has 3 heterocycles. The Balaban J connectivity index is 1.46. The van der Waals surface area contributed by atoms with Crippen LogP contribution in [0.3, 0.4) is 0 Å². The first-order chi connectivity index (χ1) is 16.1. The molecule has 7 nitrogen and oxygen atoms in total. The number of anilines is 2. The molecule has 0 spiro atoms. The summed E-state index contributed by atoms with van der Waals surface area (Å²) in [4.78, 5) is 25.9. The second kappa shape index (κ2) is 9.06. The molecule has 5 rings (SSSR count). The maximum absolute atomic E-state index is 11.9. The van der Waals surface area contributed by atoms with Crippen molar-refractivity contribution in [2.45, 2.75) is 25.8 Å². The Morgan fingerprint density at radius 3 is 2.52 bits per heavy atom. The fraction of sp³-hybridized carbons (Fsp3) is 0.400. The summed E-state index contributed by atoms with van der Waals surface area (Å²) in [6.45, 7) is 3.02. The Bertz CT molecular complexity index is 1190. The number of hydrogen-bond acceptors (Lipinski definition) is 7. The van der Waals surface area contributed by atoms with Crippen LogP contribution in [0.15, 0.2) is 36.4 Å². The van der Waals surface area contributed by atoms with E-state index >= 15 is 0 Å². The molecule has 2 aliphatic heterocycles. The monoisotopic (exact) mass is 466 g/mol. The summed E-state index contributed by atoms with van der Waals surface area (Å²) in [6, 6.07) is 12.7. The van der Waals surface area contributed by atoms with Gasteiger partial charge in [-0.25, -0.2) is 0 Å². The normalized spacial score (nSPS) is 16.6. The third kappa shape index (κ3) is 4.06. The fourth-order valence-electron chi connectivity index (χ4n) is 4.98. The van der Waals surface area contributed by atoms with Crippen molar-refractivity contribution < 1.29 is 14.3 Å². The van der Waals surface area contributed by atoms with Crippen molar-refractivity contribution >= 4 is 39.8 Å². The van der Waals surface area contributed by atoms with Crippen molar-refractivity contribution in [1.29, 1.82) is 0 Å². The Morgan fingerprint density at radius 1 is 1.03 bits per heavy atom. The van der Waals surface area contributed by atoms with E-state index in [9.17, 15) is 4.79 Å². The number of rotatable bonds is 4. The minimum Gasteiger partial charge on any atom is -0.469 e. The third-order valence-electron chi connectivity index (χ3n) is 6.71. The van der Waals surface area contributed by atoms with Gasteiger partial charge < -0.3 is 19.3 Å². The van der Waals surface area contributed by atoms with Gasteiger partial charge in [-0.05, 0) is 36.8 Å². The van der Waals surface area contributed by atoms with Gasteiger partial charge in [0.25, 0.3) is 0 Å². The van der Waals surface area contributed by atoms with Crippen LogP contribution in [0.2, 0.25) is 5.02 Å². The zero-order valence-corrected chi connectivity index (χ0v) is 19.6. The molecule has 172 valence electrons. The van der Waals surface area contributed by atoms with Crippen molar-refractivity contribution in [3.8, 4) is 6.01 Å². The Hall–Kier alpha value is -3.06. The second-order valence-corrected chi connectivity index (χ2v) is 8.94. The standard InChI is InChI=1S/C25H27ClN4O3/c1-32-24(31)17-9-12-29(13-10-17)23-18-11-14-30(15-20(18)27-25(28-23)33-2)21-8-4-6-16-5-3-7-19(26)22(16)21/h3-8,17H,9-15H2,1-2H3. The van der Waals surface area contributed by atoms with E-state index in [1.807, 2.05) is 12.1 Å². The molecule has 0 N–H and O–H groups in total. The highest BCUT2D eigenvalue weighted by atomic mass is 35.5. The van der Waals surface area contributed by atoms with Crippen molar-refractivity contribution in [2.24, 2.45) is 5.92 Å². The van der Waals surface area contributed by atoms with Crippen LogP contribution in [-0.4, -0.2) is 49.8 Å². The van der Waals surface area contributed by atoms with E-state index in [2.05, 4.69) is 34.1 Å². The van der Waals surface area contributed by atoms with Crippen molar-refractivity contribution in [3.05, 3.63) is 52.7 Å². The van der Waals surface area contributed by atoms with Crippen LogP contribution in [0.5, 0.6) is 6.01 Å². The van der Waals surface area contributed by atoms with Crippen molar-refractivity contribution in [3.63, 3.8) is 0 Å². The molecule has 2 aromatic carbocycles. The van der Waals surface area contributed by atoms with Gasteiger partial charge >= 0.3 is 12.0 Å². The number of methoxy groups -OCH3 is 2. The van der Waals surface area contributed by atoms with E-state index in [1.54, 1.807) is 7.11 Å². The molecular weight excluding hydrogens is 440 g/mol. The number of esters is 1. The molecule has 0 amide bonds. The van der Waals surface area contributed by atoms with Crippen LogP contribution in [0.25, 0.3) is 10.8 Å². The average Bonchev–Trinajstić information content (AvgIpc) is 2.87. The van der Waals surface area contributed by atoms with E-state index < -0.39 is 0 Å². The minimum absolute atomic E-state index is 0.0441. The molecule has 0 unspecified atom stereocenters. The SMILES string of the molecule is COC(=O)C1CCN(c2nc(OC)nc3c2CCN(c2cccc4cccc(Cl)c24)C3)CC1. The van der Waals surface area contributed by atoms with Crippen LogP contribution in [0.4, 0.5) is 11.5 Å². The van der Waals surface area contributed by atoms with Gasteiger partial charge in [0, 0.05) is 36.3 Å².